The number of amides is 1. The van der Waals surface area contributed by atoms with Crippen molar-refractivity contribution in [2.24, 2.45) is 5.90 Å². The van der Waals surface area contributed by atoms with Crippen LogP contribution in [0.1, 0.15) is 51.2 Å². The Morgan fingerprint density at radius 3 is 2.64 bits per heavy atom. The van der Waals surface area contributed by atoms with E-state index in [0.29, 0.717) is 70.0 Å². The van der Waals surface area contributed by atoms with Crippen LogP contribution in [0.4, 0.5) is 4.79 Å². The smallest absolute Gasteiger partial charge is 0.410 e. The molecule has 1 spiro atoms. The summed E-state index contributed by atoms with van der Waals surface area (Å²) in [4.78, 5) is 21.5. The molecule has 2 aliphatic heterocycles. The molecule has 0 radical (unpaired) electrons. The van der Waals surface area contributed by atoms with Crippen LogP contribution in [0.15, 0.2) is 12.1 Å². The van der Waals surface area contributed by atoms with Crippen molar-refractivity contribution in [2.45, 2.75) is 77.0 Å². The van der Waals surface area contributed by atoms with Crippen LogP contribution in [0.25, 0.3) is 0 Å². The monoisotopic (exact) mass is 507 g/mol. The van der Waals surface area contributed by atoms with Gasteiger partial charge in [-0.1, -0.05) is 0 Å². The summed E-state index contributed by atoms with van der Waals surface area (Å²) >= 11 is 0. The van der Waals surface area contributed by atoms with Crippen molar-refractivity contribution in [3.05, 3.63) is 23.3 Å². The predicted molar refractivity (Wildman–Crippen MR) is 133 cm³/mol. The second kappa shape index (κ2) is 11.1. The zero-order valence-electron chi connectivity index (χ0n) is 22.2. The Bertz CT molecular complexity index is 918. The van der Waals surface area contributed by atoms with Crippen molar-refractivity contribution in [1.29, 1.82) is 0 Å². The molecule has 4 rings (SSSR count). The fourth-order valence-electron chi connectivity index (χ4n) is 4.74. The Morgan fingerprint density at radius 2 is 2.03 bits per heavy atom. The maximum absolute atomic E-state index is 12.8. The Labute approximate surface area is 213 Å². The van der Waals surface area contributed by atoms with Crippen molar-refractivity contribution in [3.63, 3.8) is 0 Å². The van der Waals surface area contributed by atoms with Crippen molar-refractivity contribution in [3.8, 4) is 11.5 Å². The fourth-order valence-corrected chi connectivity index (χ4v) is 4.74. The van der Waals surface area contributed by atoms with Gasteiger partial charge in [-0.25, -0.2) is 10.7 Å². The highest BCUT2D eigenvalue weighted by Gasteiger charge is 2.58. The summed E-state index contributed by atoms with van der Waals surface area (Å²) in [6.07, 6.45) is 2.37. The van der Waals surface area contributed by atoms with Crippen LogP contribution in [0, 0.1) is 6.92 Å². The number of hydrogen-bond acceptors (Lipinski definition) is 9. The topological polar surface area (TPSA) is 105 Å². The van der Waals surface area contributed by atoms with Crippen molar-refractivity contribution >= 4 is 6.09 Å². The normalized spacial score (nSPS) is 24.1. The molecule has 2 unspecified atom stereocenters. The quantitative estimate of drug-likeness (QED) is 0.378. The SMILES string of the molecule is COc1cc(C)c(CN(C2CC2)C2OCC23CN(C(=O)OC(C)(C)C)CCO3)cc1OCCCON. The molecule has 10 heteroatoms. The van der Waals surface area contributed by atoms with Crippen LogP contribution in [0.3, 0.4) is 0 Å². The molecule has 3 aliphatic rings. The molecular formula is C26H41N3O7. The van der Waals surface area contributed by atoms with Gasteiger partial charge in [0.05, 0.1) is 40.1 Å². The summed E-state index contributed by atoms with van der Waals surface area (Å²) < 4.78 is 29.6. The maximum Gasteiger partial charge on any atom is 0.410 e. The minimum absolute atomic E-state index is 0.234. The van der Waals surface area contributed by atoms with Gasteiger partial charge in [0.15, 0.2) is 11.5 Å². The first kappa shape index (κ1) is 26.9. The van der Waals surface area contributed by atoms with Gasteiger partial charge in [-0.15, -0.1) is 0 Å². The lowest BCUT2D eigenvalue weighted by molar-refractivity contribution is -0.325. The van der Waals surface area contributed by atoms with E-state index >= 15 is 0 Å². The number of ether oxygens (including phenoxy) is 5. The second-order valence-corrected chi connectivity index (χ2v) is 10.9. The van der Waals surface area contributed by atoms with E-state index in [1.165, 1.54) is 0 Å². The first-order valence-corrected chi connectivity index (χ1v) is 12.8. The third-order valence-electron chi connectivity index (χ3n) is 6.75. The zero-order valence-corrected chi connectivity index (χ0v) is 22.2. The van der Waals surface area contributed by atoms with Gasteiger partial charge in [0.1, 0.15) is 17.4 Å². The average Bonchev–Trinajstić information content (AvgIpc) is 3.66. The van der Waals surface area contributed by atoms with Crippen LogP contribution in [0.5, 0.6) is 11.5 Å². The summed E-state index contributed by atoms with van der Waals surface area (Å²) in [7, 11) is 1.64. The van der Waals surface area contributed by atoms with Gasteiger partial charge in [0.2, 0.25) is 0 Å². The molecule has 10 nitrogen and oxygen atoms in total. The van der Waals surface area contributed by atoms with E-state index in [2.05, 4.69) is 16.7 Å². The molecule has 0 bridgehead atoms. The Hall–Kier alpha value is -2.11. The minimum atomic E-state index is -0.556. The summed E-state index contributed by atoms with van der Waals surface area (Å²) in [5.74, 6) is 6.51. The van der Waals surface area contributed by atoms with Gasteiger partial charge in [0.25, 0.3) is 0 Å². The minimum Gasteiger partial charge on any atom is -0.493 e. The van der Waals surface area contributed by atoms with Gasteiger partial charge in [0, 0.05) is 25.6 Å². The highest BCUT2D eigenvalue weighted by Crippen LogP contribution is 2.42. The van der Waals surface area contributed by atoms with Crippen LogP contribution in [-0.4, -0.2) is 86.0 Å². The van der Waals surface area contributed by atoms with Crippen LogP contribution in [-0.2, 0) is 25.6 Å². The first-order chi connectivity index (χ1) is 17.2. The molecule has 1 saturated carbocycles. The molecule has 0 aromatic heterocycles. The van der Waals surface area contributed by atoms with E-state index in [4.69, 9.17) is 29.6 Å². The molecule has 3 fully saturated rings. The Morgan fingerprint density at radius 1 is 1.25 bits per heavy atom. The number of rotatable bonds is 10. The zero-order chi connectivity index (χ0) is 25.9. The lowest BCUT2D eigenvalue weighted by Crippen LogP contribution is -2.73. The number of carbonyl (C=O) groups is 1. The van der Waals surface area contributed by atoms with Gasteiger partial charge in [-0.2, -0.15) is 0 Å². The number of aryl methyl sites for hydroxylation is 1. The van der Waals surface area contributed by atoms with Crippen LogP contribution in [0.2, 0.25) is 0 Å². The molecule has 2 atom stereocenters. The third kappa shape index (κ3) is 6.23. The average molecular weight is 508 g/mol. The lowest BCUT2D eigenvalue weighted by Gasteiger charge is -2.56. The fraction of sp³-hybridized carbons (Fsp3) is 0.731. The molecular weight excluding hydrogens is 466 g/mol. The molecule has 1 amide bonds. The van der Waals surface area contributed by atoms with Crippen LogP contribution < -0.4 is 15.4 Å². The van der Waals surface area contributed by atoms with Gasteiger partial charge in [-0.3, -0.25) is 4.90 Å². The molecule has 1 aromatic carbocycles. The van der Waals surface area contributed by atoms with Crippen molar-refractivity contribution in [1.82, 2.24) is 9.80 Å². The van der Waals surface area contributed by atoms with Crippen LogP contribution >= 0.6 is 0 Å². The summed E-state index contributed by atoms with van der Waals surface area (Å²) in [5.41, 5.74) is 1.16. The van der Waals surface area contributed by atoms with Gasteiger partial charge in [-0.05, 0) is 63.8 Å². The first-order valence-electron chi connectivity index (χ1n) is 12.8. The largest absolute Gasteiger partial charge is 0.493 e. The van der Waals surface area contributed by atoms with Crippen molar-refractivity contribution in [2.75, 3.05) is 46.6 Å². The van der Waals surface area contributed by atoms with E-state index in [1.807, 2.05) is 32.9 Å². The number of benzene rings is 1. The third-order valence-corrected chi connectivity index (χ3v) is 6.75. The highest BCUT2D eigenvalue weighted by molar-refractivity contribution is 5.68. The molecule has 202 valence electrons. The number of carbonyl (C=O) groups excluding carboxylic acids is 1. The van der Waals surface area contributed by atoms with E-state index in [0.717, 1.165) is 24.0 Å². The number of nitrogens with two attached hydrogens (primary N) is 1. The molecule has 2 heterocycles. The van der Waals surface area contributed by atoms with Crippen molar-refractivity contribution < 1.29 is 33.3 Å². The van der Waals surface area contributed by atoms with E-state index in [9.17, 15) is 4.79 Å². The Balaban J connectivity index is 1.49. The number of hydrogen-bond donors (Lipinski definition) is 1. The maximum atomic E-state index is 12.8. The Kier molecular flexibility index (Phi) is 8.31. The molecule has 2 N–H and O–H groups in total. The van der Waals surface area contributed by atoms with Gasteiger partial charge < -0.3 is 33.4 Å². The number of nitrogens with zero attached hydrogens (tertiary/aromatic N) is 2. The van der Waals surface area contributed by atoms with E-state index in [-0.39, 0.29) is 12.3 Å². The predicted octanol–water partition coefficient (Wildman–Crippen LogP) is 2.99. The highest BCUT2D eigenvalue weighted by atomic mass is 16.6. The summed E-state index contributed by atoms with van der Waals surface area (Å²) in [5, 5.41) is 0. The lowest BCUT2D eigenvalue weighted by atomic mass is 9.93. The van der Waals surface area contributed by atoms with Gasteiger partial charge >= 0.3 is 6.09 Å². The molecule has 2 saturated heterocycles. The number of morpholine rings is 1. The van der Waals surface area contributed by atoms with E-state index in [1.54, 1.807) is 12.0 Å². The summed E-state index contributed by atoms with van der Waals surface area (Å²) in [6, 6.07) is 4.47. The second-order valence-electron chi connectivity index (χ2n) is 10.9. The summed E-state index contributed by atoms with van der Waals surface area (Å²) in [6.45, 7) is 11.2. The molecule has 1 aliphatic carbocycles. The standard InChI is InChI=1S/C26H41N3O7/c1-18-13-21(31-5)22(32-10-6-11-35-27)14-19(18)15-29(20-7-8-20)23-26(17-33-23)16-28(9-12-34-26)24(30)36-25(2,3)4/h13-14,20,23H,6-12,15-17,27H2,1-5H3. The molecule has 36 heavy (non-hydrogen) atoms. The number of methoxy groups -OCH3 is 1. The molecule has 1 aromatic rings. The van der Waals surface area contributed by atoms with E-state index < -0.39 is 11.2 Å².